The van der Waals surface area contributed by atoms with Crippen LogP contribution in [0.4, 0.5) is 0 Å². The van der Waals surface area contributed by atoms with E-state index in [9.17, 15) is 4.79 Å². The van der Waals surface area contributed by atoms with Gasteiger partial charge in [-0.1, -0.05) is 12.1 Å². The Labute approximate surface area is 136 Å². The summed E-state index contributed by atoms with van der Waals surface area (Å²) in [5, 5.41) is 0. The van der Waals surface area contributed by atoms with Crippen LogP contribution in [0.2, 0.25) is 0 Å². The van der Waals surface area contributed by atoms with Crippen molar-refractivity contribution >= 4 is 16.9 Å². The third-order valence-electron chi connectivity index (χ3n) is 5.18. The molecule has 0 radical (unpaired) electrons. The van der Waals surface area contributed by atoms with E-state index in [0.29, 0.717) is 11.9 Å². The van der Waals surface area contributed by atoms with Crippen molar-refractivity contribution in [3.05, 3.63) is 30.1 Å². The van der Waals surface area contributed by atoms with Crippen molar-refractivity contribution < 1.29 is 9.53 Å². The van der Waals surface area contributed by atoms with Gasteiger partial charge in [-0.05, 0) is 38.3 Å². The lowest BCUT2D eigenvalue weighted by Crippen LogP contribution is -2.37. The summed E-state index contributed by atoms with van der Waals surface area (Å²) >= 11 is 0. The summed E-state index contributed by atoms with van der Waals surface area (Å²) in [6.45, 7) is 5.16. The topological polar surface area (TPSA) is 47.4 Å². The molecular formula is C18H23N3O2. The number of aryl methyl sites for hydroxylation is 1. The number of carbonyl (C=O) groups excluding carboxylic acids is 1. The summed E-state index contributed by atoms with van der Waals surface area (Å²) in [6.07, 6.45) is 2.75. The van der Waals surface area contributed by atoms with Crippen molar-refractivity contribution in [2.45, 2.75) is 32.2 Å². The number of likely N-dealkylation sites (tertiary alicyclic amines) is 1. The molecule has 1 atom stereocenters. The quantitative estimate of drug-likeness (QED) is 0.856. The molecule has 1 aromatic carbocycles. The third kappa shape index (κ3) is 2.63. The normalized spacial score (nSPS) is 22.8. The molecule has 1 amide bonds. The van der Waals surface area contributed by atoms with E-state index in [1.807, 2.05) is 6.07 Å². The highest BCUT2D eigenvalue weighted by Gasteiger charge is 2.33. The minimum absolute atomic E-state index is 0.156. The van der Waals surface area contributed by atoms with Gasteiger partial charge in [0.15, 0.2) is 0 Å². The number of carbonyl (C=O) groups is 1. The summed E-state index contributed by atoms with van der Waals surface area (Å²) in [7, 11) is 0. The highest BCUT2D eigenvalue weighted by Crippen LogP contribution is 2.29. The summed E-state index contributed by atoms with van der Waals surface area (Å²) in [4.78, 5) is 19.4. The van der Waals surface area contributed by atoms with E-state index in [1.54, 1.807) is 0 Å². The van der Waals surface area contributed by atoms with E-state index in [-0.39, 0.29) is 5.92 Å². The Morgan fingerprint density at radius 1 is 1.22 bits per heavy atom. The first kappa shape index (κ1) is 14.7. The Morgan fingerprint density at radius 3 is 2.83 bits per heavy atom. The average molecular weight is 313 g/mol. The number of amides is 1. The van der Waals surface area contributed by atoms with Gasteiger partial charge in [0.25, 0.3) is 0 Å². The summed E-state index contributed by atoms with van der Waals surface area (Å²) in [5.74, 6) is 1.51. The van der Waals surface area contributed by atoms with Gasteiger partial charge in [-0.25, -0.2) is 4.98 Å². The Hall–Kier alpha value is -1.88. The van der Waals surface area contributed by atoms with Gasteiger partial charge in [-0.15, -0.1) is 0 Å². The smallest absolute Gasteiger partial charge is 0.225 e. The molecule has 2 fully saturated rings. The van der Waals surface area contributed by atoms with E-state index >= 15 is 0 Å². The molecule has 0 saturated carbocycles. The molecule has 0 bridgehead atoms. The molecule has 23 heavy (non-hydrogen) atoms. The van der Waals surface area contributed by atoms with Crippen molar-refractivity contribution in [3.63, 3.8) is 0 Å². The predicted molar refractivity (Wildman–Crippen MR) is 88.2 cm³/mol. The van der Waals surface area contributed by atoms with E-state index < -0.39 is 0 Å². The molecule has 0 N–H and O–H groups in total. The lowest BCUT2D eigenvalue weighted by atomic mass is 9.99. The van der Waals surface area contributed by atoms with Crippen LogP contribution in [0.3, 0.4) is 0 Å². The molecule has 2 aliphatic rings. The monoisotopic (exact) mass is 313 g/mol. The highest BCUT2D eigenvalue weighted by atomic mass is 16.5. The third-order valence-corrected chi connectivity index (χ3v) is 5.18. The van der Waals surface area contributed by atoms with Gasteiger partial charge in [-0.2, -0.15) is 0 Å². The zero-order valence-corrected chi connectivity index (χ0v) is 13.6. The largest absolute Gasteiger partial charge is 0.381 e. The van der Waals surface area contributed by atoms with Gasteiger partial charge < -0.3 is 14.2 Å². The second kappa shape index (κ2) is 5.96. The van der Waals surface area contributed by atoms with Gasteiger partial charge in [0.05, 0.1) is 17.1 Å². The van der Waals surface area contributed by atoms with Gasteiger partial charge in [-0.3, -0.25) is 4.79 Å². The highest BCUT2D eigenvalue weighted by molar-refractivity contribution is 5.79. The van der Waals surface area contributed by atoms with Gasteiger partial charge in [0.1, 0.15) is 5.82 Å². The summed E-state index contributed by atoms with van der Waals surface area (Å²) in [5.41, 5.74) is 2.22. The lowest BCUT2D eigenvalue weighted by molar-refractivity contribution is -0.137. The number of rotatable bonds is 2. The van der Waals surface area contributed by atoms with Crippen LogP contribution in [0.25, 0.3) is 11.0 Å². The zero-order valence-electron chi connectivity index (χ0n) is 13.6. The van der Waals surface area contributed by atoms with Crippen LogP contribution in [-0.4, -0.2) is 46.7 Å². The number of para-hydroxylation sites is 2. The average Bonchev–Trinajstić information content (AvgIpc) is 3.18. The van der Waals surface area contributed by atoms with Gasteiger partial charge in [0.2, 0.25) is 5.91 Å². The number of fused-ring (bicyclic) bond motifs is 1. The van der Waals surface area contributed by atoms with Crippen molar-refractivity contribution in [2.24, 2.45) is 5.92 Å². The Balaban J connectivity index is 1.53. The number of imidazole rings is 1. The lowest BCUT2D eigenvalue weighted by Gasteiger charge is -2.26. The minimum Gasteiger partial charge on any atom is -0.381 e. The number of benzene rings is 1. The van der Waals surface area contributed by atoms with Gasteiger partial charge >= 0.3 is 0 Å². The van der Waals surface area contributed by atoms with Crippen LogP contribution in [0.15, 0.2) is 24.3 Å². The van der Waals surface area contributed by atoms with Crippen molar-refractivity contribution in [1.29, 1.82) is 0 Å². The Kier molecular flexibility index (Phi) is 3.81. The second-order valence-corrected chi connectivity index (χ2v) is 6.63. The molecular weight excluding hydrogens is 290 g/mol. The van der Waals surface area contributed by atoms with Crippen LogP contribution in [-0.2, 0) is 9.53 Å². The molecule has 1 unspecified atom stereocenters. The Bertz CT molecular complexity index is 718. The van der Waals surface area contributed by atoms with Crippen LogP contribution in [0.5, 0.6) is 0 Å². The van der Waals surface area contributed by atoms with E-state index in [1.165, 1.54) is 5.52 Å². The van der Waals surface area contributed by atoms with Crippen LogP contribution in [0, 0.1) is 12.8 Å². The molecule has 1 aromatic heterocycles. The summed E-state index contributed by atoms with van der Waals surface area (Å²) in [6, 6.07) is 8.59. The minimum atomic E-state index is 0.156. The maximum Gasteiger partial charge on any atom is 0.225 e. The van der Waals surface area contributed by atoms with E-state index in [2.05, 4.69) is 39.6 Å². The SMILES string of the molecule is Cc1nc2ccccc2n1C1CCN(C(=O)C2CCOCC2)C1. The molecule has 4 rings (SSSR count). The number of hydrogen-bond donors (Lipinski definition) is 0. The first-order valence-electron chi connectivity index (χ1n) is 8.54. The maximum atomic E-state index is 12.7. The van der Waals surface area contributed by atoms with Crippen LogP contribution < -0.4 is 0 Å². The molecule has 3 heterocycles. The molecule has 2 aromatic rings. The van der Waals surface area contributed by atoms with Crippen LogP contribution >= 0.6 is 0 Å². The zero-order chi connectivity index (χ0) is 15.8. The number of ether oxygens (including phenoxy) is 1. The fourth-order valence-corrected chi connectivity index (χ4v) is 3.98. The predicted octanol–water partition coefficient (Wildman–Crippen LogP) is 2.54. The van der Waals surface area contributed by atoms with Crippen LogP contribution in [0.1, 0.15) is 31.1 Å². The van der Waals surface area contributed by atoms with Crippen molar-refractivity contribution in [3.8, 4) is 0 Å². The molecule has 5 nitrogen and oxygen atoms in total. The number of nitrogens with zero attached hydrogens (tertiary/aromatic N) is 3. The summed E-state index contributed by atoms with van der Waals surface area (Å²) < 4.78 is 7.69. The molecule has 0 aliphatic carbocycles. The molecule has 2 aliphatic heterocycles. The Morgan fingerprint density at radius 2 is 2.00 bits per heavy atom. The molecule has 2 saturated heterocycles. The standard InChI is InChI=1S/C18H23N3O2/c1-13-19-16-4-2-3-5-17(16)21(13)15-6-9-20(12-15)18(22)14-7-10-23-11-8-14/h2-5,14-15H,6-12H2,1H3. The van der Waals surface area contributed by atoms with Crippen molar-refractivity contribution in [2.75, 3.05) is 26.3 Å². The van der Waals surface area contributed by atoms with E-state index in [0.717, 1.165) is 56.9 Å². The molecule has 0 spiro atoms. The number of aromatic nitrogens is 2. The second-order valence-electron chi connectivity index (χ2n) is 6.63. The fourth-order valence-electron chi connectivity index (χ4n) is 3.98. The molecule has 5 heteroatoms. The number of hydrogen-bond acceptors (Lipinski definition) is 3. The maximum absolute atomic E-state index is 12.7. The first-order valence-corrected chi connectivity index (χ1v) is 8.54. The first-order chi connectivity index (χ1) is 11.2. The van der Waals surface area contributed by atoms with Gasteiger partial charge in [0, 0.05) is 32.2 Å². The molecule has 122 valence electrons. The fraction of sp³-hybridized carbons (Fsp3) is 0.556. The van der Waals surface area contributed by atoms with Crippen molar-refractivity contribution in [1.82, 2.24) is 14.5 Å². The van der Waals surface area contributed by atoms with E-state index in [4.69, 9.17) is 4.74 Å².